The van der Waals surface area contributed by atoms with Crippen LogP contribution in [0, 0.1) is 6.92 Å². The number of hydrogen-bond acceptors (Lipinski definition) is 3. The first-order valence-corrected chi connectivity index (χ1v) is 8.79. The SMILES string of the molecule is Cc1ccc2c(c1)nc(CCl)n2CC(C)(C)S(C)(=O)=O. The molecule has 20 heavy (non-hydrogen) atoms. The molecule has 0 unspecified atom stereocenters. The van der Waals surface area contributed by atoms with Gasteiger partial charge in [0.1, 0.15) is 5.82 Å². The van der Waals surface area contributed by atoms with Gasteiger partial charge in [0.05, 0.1) is 21.7 Å². The molecule has 0 aliphatic carbocycles. The predicted molar refractivity (Wildman–Crippen MR) is 82.9 cm³/mol. The van der Waals surface area contributed by atoms with Crippen LogP contribution in [0.15, 0.2) is 18.2 Å². The number of rotatable bonds is 4. The lowest BCUT2D eigenvalue weighted by molar-refractivity contribution is 0.503. The van der Waals surface area contributed by atoms with Gasteiger partial charge < -0.3 is 4.57 Å². The van der Waals surface area contributed by atoms with Gasteiger partial charge >= 0.3 is 0 Å². The van der Waals surface area contributed by atoms with Crippen LogP contribution in [0.4, 0.5) is 0 Å². The summed E-state index contributed by atoms with van der Waals surface area (Å²) in [5.41, 5.74) is 2.89. The van der Waals surface area contributed by atoms with Gasteiger partial charge in [-0.3, -0.25) is 0 Å². The molecule has 0 N–H and O–H groups in total. The average molecular weight is 315 g/mol. The number of aromatic nitrogens is 2. The van der Waals surface area contributed by atoms with Crippen molar-refractivity contribution < 1.29 is 8.42 Å². The van der Waals surface area contributed by atoms with E-state index in [2.05, 4.69) is 4.98 Å². The summed E-state index contributed by atoms with van der Waals surface area (Å²) in [5.74, 6) is 0.956. The third kappa shape index (κ3) is 2.69. The number of aryl methyl sites for hydroxylation is 1. The Morgan fingerprint density at radius 1 is 1.35 bits per heavy atom. The normalized spacial score (nSPS) is 13.1. The average Bonchev–Trinajstić information content (AvgIpc) is 2.64. The van der Waals surface area contributed by atoms with E-state index in [4.69, 9.17) is 11.6 Å². The van der Waals surface area contributed by atoms with Gasteiger partial charge in [-0.05, 0) is 38.5 Å². The Morgan fingerprint density at radius 2 is 2.00 bits per heavy atom. The van der Waals surface area contributed by atoms with Crippen molar-refractivity contribution >= 4 is 32.5 Å². The molecule has 0 aliphatic heterocycles. The van der Waals surface area contributed by atoms with Gasteiger partial charge in [0.25, 0.3) is 0 Å². The largest absolute Gasteiger partial charge is 0.325 e. The molecular weight excluding hydrogens is 296 g/mol. The van der Waals surface area contributed by atoms with Gasteiger partial charge in [-0.1, -0.05) is 6.07 Å². The van der Waals surface area contributed by atoms with Crippen LogP contribution in [-0.2, 0) is 22.3 Å². The van der Waals surface area contributed by atoms with Crippen molar-refractivity contribution in [3.05, 3.63) is 29.6 Å². The van der Waals surface area contributed by atoms with Crippen LogP contribution in [0.25, 0.3) is 11.0 Å². The highest BCUT2D eigenvalue weighted by Crippen LogP contribution is 2.25. The molecule has 0 aliphatic rings. The quantitative estimate of drug-likeness (QED) is 0.815. The van der Waals surface area contributed by atoms with Crippen LogP contribution in [0.1, 0.15) is 25.2 Å². The highest BCUT2D eigenvalue weighted by molar-refractivity contribution is 7.92. The first-order chi connectivity index (χ1) is 9.15. The van der Waals surface area contributed by atoms with E-state index in [1.165, 1.54) is 6.26 Å². The van der Waals surface area contributed by atoms with Crippen molar-refractivity contribution in [1.29, 1.82) is 0 Å². The van der Waals surface area contributed by atoms with Gasteiger partial charge in [-0.25, -0.2) is 13.4 Å². The topological polar surface area (TPSA) is 52.0 Å². The molecule has 1 aromatic carbocycles. The van der Waals surface area contributed by atoms with Crippen molar-refractivity contribution in [1.82, 2.24) is 9.55 Å². The molecule has 0 bridgehead atoms. The molecule has 2 rings (SSSR count). The van der Waals surface area contributed by atoms with Gasteiger partial charge in [-0.15, -0.1) is 11.6 Å². The monoisotopic (exact) mass is 314 g/mol. The fraction of sp³-hybridized carbons (Fsp3) is 0.500. The summed E-state index contributed by atoms with van der Waals surface area (Å²) in [6.07, 6.45) is 1.26. The Bertz CT molecular complexity index is 748. The van der Waals surface area contributed by atoms with Gasteiger partial charge in [0, 0.05) is 12.8 Å². The number of imidazole rings is 1. The molecule has 4 nitrogen and oxygen atoms in total. The Kier molecular flexibility index (Phi) is 3.86. The van der Waals surface area contributed by atoms with Gasteiger partial charge in [0.2, 0.25) is 0 Å². The third-order valence-corrected chi connectivity index (χ3v) is 6.02. The molecule has 0 atom stereocenters. The number of nitrogens with zero attached hydrogens (tertiary/aromatic N) is 2. The first kappa shape index (κ1) is 15.3. The van der Waals surface area contributed by atoms with Gasteiger partial charge in [-0.2, -0.15) is 0 Å². The van der Waals surface area contributed by atoms with Crippen LogP contribution in [0.3, 0.4) is 0 Å². The summed E-state index contributed by atoms with van der Waals surface area (Å²) in [5, 5.41) is 0. The van der Waals surface area contributed by atoms with E-state index >= 15 is 0 Å². The van der Waals surface area contributed by atoms with Gasteiger partial charge in [0.15, 0.2) is 9.84 Å². The molecule has 2 aromatic rings. The number of sulfone groups is 1. The molecule has 110 valence electrons. The minimum absolute atomic E-state index is 0.258. The zero-order chi connectivity index (χ0) is 15.1. The van der Waals surface area contributed by atoms with Crippen LogP contribution in [0.5, 0.6) is 0 Å². The summed E-state index contributed by atoms with van der Waals surface area (Å²) >= 11 is 5.95. The fourth-order valence-electron chi connectivity index (χ4n) is 2.07. The first-order valence-electron chi connectivity index (χ1n) is 6.37. The molecule has 0 saturated carbocycles. The van der Waals surface area contributed by atoms with E-state index in [-0.39, 0.29) is 5.88 Å². The molecule has 6 heteroatoms. The van der Waals surface area contributed by atoms with Crippen molar-refractivity contribution in [2.24, 2.45) is 0 Å². The lowest BCUT2D eigenvalue weighted by Crippen LogP contribution is -2.36. The van der Waals surface area contributed by atoms with E-state index in [9.17, 15) is 8.42 Å². The van der Waals surface area contributed by atoms with Crippen LogP contribution >= 0.6 is 11.6 Å². The predicted octanol–water partition coefficient (Wildman–Crippen LogP) is 2.91. The molecule has 0 saturated heterocycles. The van der Waals surface area contributed by atoms with E-state index in [0.717, 1.165) is 16.6 Å². The van der Waals surface area contributed by atoms with Crippen molar-refractivity contribution in [3.63, 3.8) is 0 Å². The highest BCUT2D eigenvalue weighted by atomic mass is 35.5. The number of benzene rings is 1. The Hall–Kier alpha value is -1.07. The number of fused-ring (bicyclic) bond motifs is 1. The van der Waals surface area contributed by atoms with E-state index in [0.29, 0.717) is 12.4 Å². The zero-order valence-corrected chi connectivity index (χ0v) is 13.7. The second kappa shape index (κ2) is 5.04. The third-order valence-electron chi connectivity index (χ3n) is 3.64. The van der Waals surface area contributed by atoms with E-state index in [1.54, 1.807) is 13.8 Å². The lowest BCUT2D eigenvalue weighted by atomic mass is 10.2. The Morgan fingerprint density at radius 3 is 2.55 bits per heavy atom. The van der Waals surface area contributed by atoms with Crippen LogP contribution in [0.2, 0.25) is 0 Å². The summed E-state index contributed by atoms with van der Waals surface area (Å²) in [4.78, 5) is 4.49. The minimum Gasteiger partial charge on any atom is -0.325 e. The molecule has 0 spiro atoms. The van der Waals surface area contributed by atoms with Crippen LogP contribution in [-0.4, -0.2) is 29.0 Å². The Labute approximate surface area is 124 Å². The summed E-state index contributed by atoms with van der Waals surface area (Å²) in [6, 6.07) is 5.94. The smallest absolute Gasteiger partial charge is 0.154 e. The van der Waals surface area contributed by atoms with E-state index in [1.807, 2.05) is 29.7 Å². The molecule has 0 fully saturated rings. The summed E-state index contributed by atoms with van der Waals surface area (Å²) in [7, 11) is -3.17. The number of hydrogen-bond donors (Lipinski definition) is 0. The fourth-order valence-corrected chi connectivity index (χ4v) is 2.63. The summed E-state index contributed by atoms with van der Waals surface area (Å²) < 4.78 is 24.8. The standard InChI is InChI=1S/C14H19ClN2O2S/c1-10-5-6-12-11(7-10)16-13(8-15)17(12)9-14(2,3)20(4,18)19/h5-7H,8-9H2,1-4H3. The van der Waals surface area contributed by atoms with Crippen molar-refractivity contribution in [2.75, 3.05) is 6.26 Å². The zero-order valence-electron chi connectivity index (χ0n) is 12.1. The molecule has 1 aromatic heterocycles. The molecule has 0 amide bonds. The van der Waals surface area contributed by atoms with Crippen molar-refractivity contribution in [2.45, 2.75) is 37.9 Å². The highest BCUT2D eigenvalue weighted by Gasteiger charge is 2.32. The molecule has 1 heterocycles. The molecular formula is C14H19ClN2O2S. The second-order valence-corrected chi connectivity index (χ2v) is 8.69. The molecule has 0 radical (unpaired) electrons. The number of halogens is 1. The Balaban J connectivity index is 2.59. The van der Waals surface area contributed by atoms with E-state index < -0.39 is 14.6 Å². The van der Waals surface area contributed by atoms with Crippen molar-refractivity contribution in [3.8, 4) is 0 Å². The maximum Gasteiger partial charge on any atom is 0.154 e. The summed E-state index contributed by atoms with van der Waals surface area (Å²) in [6.45, 7) is 5.79. The number of alkyl halides is 1. The van der Waals surface area contributed by atoms with Crippen LogP contribution < -0.4 is 0 Å². The second-order valence-electron chi connectivity index (χ2n) is 5.77. The maximum absolute atomic E-state index is 11.9. The lowest BCUT2D eigenvalue weighted by Gasteiger charge is -2.24. The maximum atomic E-state index is 11.9. The minimum atomic E-state index is -3.17.